The fraction of sp³-hybridized carbons (Fsp3) is 0.600. The number of pyridine rings is 1. The van der Waals surface area contributed by atoms with Gasteiger partial charge in [0.2, 0.25) is 0 Å². The van der Waals surface area contributed by atoms with E-state index in [4.69, 9.17) is 9.47 Å². The van der Waals surface area contributed by atoms with E-state index >= 15 is 0 Å². The first-order chi connectivity index (χ1) is 10.3. The minimum atomic E-state index is -0.0985. The Labute approximate surface area is 125 Å². The van der Waals surface area contributed by atoms with Crippen LogP contribution in [0, 0.1) is 0 Å². The van der Waals surface area contributed by atoms with Crippen LogP contribution in [0.5, 0.6) is 5.75 Å². The van der Waals surface area contributed by atoms with Crippen LogP contribution < -0.4 is 15.4 Å². The lowest BCUT2D eigenvalue weighted by atomic mass is 10.1. The maximum absolute atomic E-state index is 11.8. The van der Waals surface area contributed by atoms with Crippen molar-refractivity contribution in [3.8, 4) is 5.75 Å². The third kappa shape index (κ3) is 5.69. The summed E-state index contributed by atoms with van der Waals surface area (Å²) in [5, 5.41) is 6.16. The summed E-state index contributed by atoms with van der Waals surface area (Å²) in [5.74, 6) is 0.510. The van der Waals surface area contributed by atoms with E-state index in [0.29, 0.717) is 19.0 Å². The van der Waals surface area contributed by atoms with E-state index in [1.807, 2.05) is 12.1 Å². The average Bonchev–Trinajstić information content (AvgIpc) is 2.53. The molecule has 0 aliphatic carbocycles. The van der Waals surface area contributed by atoms with Gasteiger partial charge in [-0.2, -0.15) is 0 Å². The van der Waals surface area contributed by atoms with E-state index in [2.05, 4.69) is 22.5 Å². The molecule has 0 aromatic carbocycles. The molecule has 21 heavy (non-hydrogen) atoms. The number of hydrogen-bond acceptors (Lipinski definition) is 5. The maximum Gasteiger partial charge on any atom is 0.258 e. The summed E-state index contributed by atoms with van der Waals surface area (Å²) >= 11 is 0. The van der Waals surface area contributed by atoms with Crippen LogP contribution in [0.4, 0.5) is 0 Å². The van der Waals surface area contributed by atoms with Crippen molar-refractivity contribution in [1.82, 2.24) is 15.6 Å². The number of amides is 1. The van der Waals surface area contributed by atoms with E-state index in [0.717, 1.165) is 31.6 Å². The standard InChI is InChI=1S/C15H23N3O3/c1-2-16-9-13-3-4-14(10-17-13)21-11-15(19)18-12-5-7-20-8-6-12/h3-4,10,12,16H,2,5-9,11H2,1H3,(H,18,19). The number of aromatic nitrogens is 1. The quantitative estimate of drug-likeness (QED) is 0.780. The van der Waals surface area contributed by atoms with Crippen LogP contribution in [-0.4, -0.2) is 43.3 Å². The van der Waals surface area contributed by atoms with Gasteiger partial charge in [-0.1, -0.05) is 6.92 Å². The third-order valence-electron chi connectivity index (χ3n) is 3.31. The van der Waals surface area contributed by atoms with Crippen molar-refractivity contribution < 1.29 is 14.3 Å². The molecular formula is C15H23N3O3. The molecule has 0 atom stereocenters. The SMILES string of the molecule is CCNCc1ccc(OCC(=O)NC2CCOCC2)cn1. The fourth-order valence-corrected chi connectivity index (χ4v) is 2.11. The Hall–Kier alpha value is -1.66. The lowest BCUT2D eigenvalue weighted by molar-refractivity contribution is -0.124. The number of hydrogen-bond donors (Lipinski definition) is 2. The van der Waals surface area contributed by atoms with E-state index in [9.17, 15) is 4.79 Å². The van der Waals surface area contributed by atoms with Crippen molar-refractivity contribution in [2.45, 2.75) is 32.4 Å². The molecule has 1 aliphatic heterocycles. The van der Waals surface area contributed by atoms with Gasteiger partial charge in [0.1, 0.15) is 5.75 Å². The van der Waals surface area contributed by atoms with Crippen molar-refractivity contribution in [2.24, 2.45) is 0 Å². The van der Waals surface area contributed by atoms with E-state index in [1.54, 1.807) is 6.20 Å². The first-order valence-corrected chi connectivity index (χ1v) is 7.43. The molecule has 6 heteroatoms. The maximum atomic E-state index is 11.8. The van der Waals surface area contributed by atoms with Gasteiger partial charge < -0.3 is 20.1 Å². The minimum Gasteiger partial charge on any atom is -0.482 e. The molecule has 0 saturated carbocycles. The average molecular weight is 293 g/mol. The Balaban J connectivity index is 1.70. The Bertz CT molecular complexity index is 430. The molecule has 1 saturated heterocycles. The van der Waals surface area contributed by atoms with E-state index in [-0.39, 0.29) is 18.6 Å². The van der Waals surface area contributed by atoms with Gasteiger partial charge in [0.25, 0.3) is 5.91 Å². The lowest BCUT2D eigenvalue weighted by Crippen LogP contribution is -2.41. The largest absolute Gasteiger partial charge is 0.482 e. The molecule has 1 fully saturated rings. The smallest absolute Gasteiger partial charge is 0.258 e. The van der Waals surface area contributed by atoms with Crippen molar-refractivity contribution in [2.75, 3.05) is 26.4 Å². The van der Waals surface area contributed by atoms with E-state index < -0.39 is 0 Å². The summed E-state index contributed by atoms with van der Waals surface area (Å²) in [7, 11) is 0. The van der Waals surface area contributed by atoms with Crippen LogP contribution in [-0.2, 0) is 16.1 Å². The Morgan fingerprint density at radius 3 is 2.90 bits per heavy atom. The molecule has 1 amide bonds. The zero-order valence-electron chi connectivity index (χ0n) is 12.4. The topological polar surface area (TPSA) is 72.5 Å². The third-order valence-corrected chi connectivity index (χ3v) is 3.31. The normalized spacial score (nSPS) is 15.7. The Morgan fingerprint density at radius 1 is 1.43 bits per heavy atom. The van der Waals surface area contributed by atoms with Crippen LogP contribution in [0.15, 0.2) is 18.3 Å². The van der Waals surface area contributed by atoms with Gasteiger partial charge in [-0.3, -0.25) is 9.78 Å². The van der Waals surface area contributed by atoms with Crippen molar-refractivity contribution in [3.05, 3.63) is 24.0 Å². The van der Waals surface area contributed by atoms with E-state index in [1.165, 1.54) is 0 Å². The monoisotopic (exact) mass is 293 g/mol. The fourth-order valence-electron chi connectivity index (χ4n) is 2.11. The van der Waals surface area contributed by atoms with Gasteiger partial charge in [0.15, 0.2) is 6.61 Å². The molecule has 2 N–H and O–H groups in total. The Kier molecular flexibility index (Phi) is 6.43. The van der Waals surface area contributed by atoms with Gasteiger partial charge in [-0.25, -0.2) is 0 Å². The van der Waals surface area contributed by atoms with Gasteiger partial charge in [0, 0.05) is 25.8 Å². The summed E-state index contributed by atoms with van der Waals surface area (Å²) in [4.78, 5) is 16.1. The minimum absolute atomic E-state index is 0.0194. The number of nitrogens with one attached hydrogen (secondary N) is 2. The van der Waals surface area contributed by atoms with Crippen LogP contribution >= 0.6 is 0 Å². The highest BCUT2D eigenvalue weighted by atomic mass is 16.5. The molecular weight excluding hydrogens is 270 g/mol. The van der Waals surface area contributed by atoms with Gasteiger partial charge in [0.05, 0.1) is 11.9 Å². The first-order valence-electron chi connectivity index (χ1n) is 7.43. The zero-order valence-corrected chi connectivity index (χ0v) is 12.4. The molecule has 0 bridgehead atoms. The summed E-state index contributed by atoms with van der Waals surface area (Å²) in [6.07, 6.45) is 3.38. The molecule has 116 valence electrons. The summed E-state index contributed by atoms with van der Waals surface area (Å²) in [6.45, 7) is 5.14. The highest BCUT2D eigenvalue weighted by Gasteiger charge is 2.16. The molecule has 1 aromatic heterocycles. The van der Waals surface area contributed by atoms with Gasteiger partial charge in [-0.05, 0) is 31.5 Å². The second-order valence-corrected chi connectivity index (χ2v) is 5.01. The molecule has 2 heterocycles. The van der Waals surface area contributed by atoms with Crippen molar-refractivity contribution in [1.29, 1.82) is 0 Å². The highest BCUT2D eigenvalue weighted by Crippen LogP contribution is 2.09. The lowest BCUT2D eigenvalue weighted by Gasteiger charge is -2.23. The molecule has 0 spiro atoms. The number of rotatable bonds is 7. The number of carbonyl (C=O) groups is 1. The molecule has 6 nitrogen and oxygen atoms in total. The molecule has 1 aliphatic rings. The number of carbonyl (C=O) groups excluding carboxylic acids is 1. The second-order valence-electron chi connectivity index (χ2n) is 5.01. The van der Waals surface area contributed by atoms with Crippen LogP contribution in [0.2, 0.25) is 0 Å². The van der Waals surface area contributed by atoms with Crippen LogP contribution in [0.25, 0.3) is 0 Å². The predicted molar refractivity (Wildman–Crippen MR) is 79.1 cm³/mol. The van der Waals surface area contributed by atoms with Gasteiger partial charge >= 0.3 is 0 Å². The summed E-state index contributed by atoms with van der Waals surface area (Å²) in [6, 6.07) is 3.94. The number of ether oxygens (including phenoxy) is 2. The summed E-state index contributed by atoms with van der Waals surface area (Å²) < 4.78 is 10.7. The molecule has 2 rings (SSSR count). The molecule has 0 unspecified atom stereocenters. The molecule has 1 aromatic rings. The van der Waals surface area contributed by atoms with Crippen molar-refractivity contribution in [3.63, 3.8) is 0 Å². The first kappa shape index (κ1) is 15.7. The van der Waals surface area contributed by atoms with Crippen molar-refractivity contribution >= 4 is 5.91 Å². The highest BCUT2D eigenvalue weighted by molar-refractivity contribution is 5.77. The predicted octanol–water partition coefficient (Wildman–Crippen LogP) is 0.865. The molecule has 0 radical (unpaired) electrons. The number of nitrogens with zero attached hydrogens (tertiary/aromatic N) is 1. The summed E-state index contributed by atoms with van der Waals surface area (Å²) in [5.41, 5.74) is 0.954. The van der Waals surface area contributed by atoms with Crippen LogP contribution in [0.3, 0.4) is 0 Å². The zero-order chi connectivity index (χ0) is 14.9. The van der Waals surface area contributed by atoms with Gasteiger partial charge in [-0.15, -0.1) is 0 Å². The Morgan fingerprint density at radius 2 is 2.24 bits per heavy atom. The van der Waals surface area contributed by atoms with Crippen LogP contribution in [0.1, 0.15) is 25.5 Å². The second kappa shape index (κ2) is 8.59.